The number of hydrogen-bond donors (Lipinski definition) is 0. The molecule has 0 N–H and O–H groups in total. The lowest BCUT2D eigenvalue weighted by atomic mass is 9.98. The smallest absolute Gasteiger partial charge is 0.164 e. The largest absolute Gasteiger partial charge is 0.265 e. The molecule has 6 nitrogen and oxygen atoms in total. The quantitative estimate of drug-likeness (QED) is 0.153. The molecule has 262 valence electrons. The molecule has 10 aromatic rings. The van der Waals surface area contributed by atoms with E-state index in [1.165, 1.54) is 5.39 Å². The highest BCUT2D eigenvalue weighted by atomic mass is 15.0. The van der Waals surface area contributed by atoms with E-state index in [2.05, 4.69) is 132 Å². The fraction of sp³-hybridized carbons (Fsp3) is 0. The van der Waals surface area contributed by atoms with Gasteiger partial charge in [0.15, 0.2) is 17.5 Å². The summed E-state index contributed by atoms with van der Waals surface area (Å²) in [6.07, 6.45) is 5.48. The Morgan fingerprint density at radius 2 is 0.768 bits per heavy atom. The molecule has 0 bridgehead atoms. The van der Waals surface area contributed by atoms with Crippen molar-refractivity contribution in [2.75, 3.05) is 0 Å². The molecule has 0 aliphatic rings. The first kappa shape index (κ1) is 32.9. The zero-order valence-electron chi connectivity index (χ0n) is 30.2. The molecule has 0 unspecified atom stereocenters. The number of nitrogens with zero attached hydrogens (tertiary/aromatic N) is 6. The van der Waals surface area contributed by atoms with E-state index in [-0.39, 0.29) is 0 Å². The Kier molecular flexibility index (Phi) is 8.39. The average Bonchev–Trinajstić information content (AvgIpc) is 3.29. The molecule has 0 saturated carbocycles. The Labute approximate surface area is 324 Å². The minimum absolute atomic E-state index is 0.615. The third-order valence-electron chi connectivity index (χ3n) is 10.1. The third-order valence-corrected chi connectivity index (χ3v) is 10.1. The summed E-state index contributed by atoms with van der Waals surface area (Å²) in [6.45, 7) is 0. The number of rotatable bonds is 7. The predicted octanol–water partition coefficient (Wildman–Crippen LogP) is 12.0. The third kappa shape index (κ3) is 6.35. The van der Waals surface area contributed by atoms with E-state index < -0.39 is 0 Å². The average molecular weight is 717 g/mol. The monoisotopic (exact) mass is 716 g/mol. The van der Waals surface area contributed by atoms with E-state index in [0.717, 1.165) is 77.7 Å². The van der Waals surface area contributed by atoms with Crippen molar-refractivity contribution in [1.82, 2.24) is 29.9 Å². The van der Waals surface area contributed by atoms with Crippen LogP contribution in [-0.4, -0.2) is 29.9 Å². The Balaban J connectivity index is 0.977. The molecular formula is C50H32N6. The van der Waals surface area contributed by atoms with Gasteiger partial charge in [0.2, 0.25) is 0 Å². The molecule has 4 heterocycles. The van der Waals surface area contributed by atoms with Crippen molar-refractivity contribution in [3.63, 3.8) is 0 Å². The number of benzene rings is 6. The van der Waals surface area contributed by atoms with Crippen LogP contribution in [-0.2, 0) is 0 Å². The van der Waals surface area contributed by atoms with Crippen LogP contribution in [0.15, 0.2) is 195 Å². The first-order valence-electron chi connectivity index (χ1n) is 18.5. The number of para-hydroxylation sites is 1. The highest BCUT2D eigenvalue weighted by molar-refractivity contribution is 6.10. The van der Waals surface area contributed by atoms with Crippen molar-refractivity contribution in [2.24, 2.45) is 0 Å². The molecule has 0 saturated heterocycles. The summed E-state index contributed by atoms with van der Waals surface area (Å²) in [5, 5.41) is 3.40. The van der Waals surface area contributed by atoms with Crippen LogP contribution in [0.25, 0.3) is 101 Å². The van der Waals surface area contributed by atoms with Gasteiger partial charge in [-0.3, -0.25) is 9.97 Å². The molecule has 0 atom stereocenters. The minimum atomic E-state index is 0.615. The molecule has 56 heavy (non-hydrogen) atoms. The molecule has 0 radical (unpaired) electrons. The second kappa shape index (κ2) is 14.3. The molecular weight excluding hydrogens is 685 g/mol. The zero-order valence-corrected chi connectivity index (χ0v) is 30.2. The fourth-order valence-electron chi connectivity index (χ4n) is 7.24. The van der Waals surface area contributed by atoms with Crippen LogP contribution < -0.4 is 0 Å². The summed E-state index contributed by atoms with van der Waals surface area (Å²) in [4.78, 5) is 28.9. The van der Waals surface area contributed by atoms with Crippen molar-refractivity contribution in [3.05, 3.63) is 195 Å². The summed E-state index contributed by atoms with van der Waals surface area (Å²) >= 11 is 0. The van der Waals surface area contributed by atoms with Gasteiger partial charge in [-0.05, 0) is 75.2 Å². The second-order valence-corrected chi connectivity index (χ2v) is 13.6. The standard InChI is InChI=1S/C50H32N6/c1-2-9-37(10-3-1)48-54-49(38-23-21-33(22-24-38)36-25-28-51-29-26-36)56-50(55-48)41-12-8-11-39(31-41)34-17-19-35(20-18-34)40-27-30-52-46(32-40)47-44-15-5-4-13-42(44)43-14-6-7-16-45(43)53-47/h1-32H. The highest BCUT2D eigenvalue weighted by Gasteiger charge is 2.15. The van der Waals surface area contributed by atoms with Gasteiger partial charge in [-0.1, -0.05) is 140 Å². The lowest BCUT2D eigenvalue weighted by molar-refractivity contribution is 1.07. The SMILES string of the molecule is c1ccc(-c2nc(-c3ccc(-c4ccncc4)cc3)nc(-c3cccc(-c4ccc(-c5ccnc(-c6nc7ccccc7c7ccccc67)c5)cc4)c3)n2)cc1. The van der Waals surface area contributed by atoms with Crippen LogP contribution >= 0.6 is 0 Å². The minimum Gasteiger partial charge on any atom is -0.265 e. The summed E-state index contributed by atoms with van der Waals surface area (Å²) in [5.41, 5.74) is 12.0. The van der Waals surface area contributed by atoms with Crippen molar-refractivity contribution in [2.45, 2.75) is 0 Å². The normalized spacial score (nSPS) is 11.2. The lowest BCUT2D eigenvalue weighted by Crippen LogP contribution is -2.00. The molecule has 6 aromatic carbocycles. The van der Waals surface area contributed by atoms with Crippen LogP contribution in [0.1, 0.15) is 0 Å². The summed E-state index contributed by atoms with van der Waals surface area (Å²) in [5.74, 6) is 1.86. The Hall–Kier alpha value is -7.70. The maximum atomic E-state index is 5.08. The van der Waals surface area contributed by atoms with Gasteiger partial charge in [-0.2, -0.15) is 0 Å². The van der Waals surface area contributed by atoms with E-state index >= 15 is 0 Å². The highest BCUT2D eigenvalue weighted by Crippen LogP contribution is 2.34. The van der Waals surface area contributed by atoms with Crippen LogP contribution in [0.3, 0.4) is 0 Å². The van der Waals surface area contributed by atoms with Crippen molar-refractivity contribution in [1.29, 1.82) is 0 Å². The molecule has 0 spiro atoms. The van der Waals surface area contributed by atoms with Gasteiger partial charge in [-0.25, -0.2) is 19.9 Å². The van der Waals surface area contributed by atoms with E-state index in [1.54, 1.807) is 12.4 Å². The molecule has 6 heteroatoms. The number of aromatic nitrogens is 6. The van der Waals surface area contributed by atoms with Crippen LogP contribution in [0.4, 0.5) is 0 Å². The summed E-state index contributed by atoms with van der Waals surface area (Å²) < 4.78 is 0. The van der Waals surface area contributed by atoms with Crippen molar-refractivity contribution >= 4 is 21.7 Å². The first-order valence-corrected chi connectivity index (χ1v) is 18.5. The maximum Gasteiger partial charge on any atom is 0.164 e. The van der Waals surface area contributed by atoms with Crippen molar-refractivity contribution in [3.8, 4) is 78.9 Å². The summed E-state index contributed by atoms with van der Waals surface area (Å²) in [6, 6.07) is 60.3. The number of hydrogen-bond acceptors (Lipinski definition) is 6. The summed E-state index contributed by atoms with van der Waals surface area (Å²) in [7, 11) is 0. The van der Waals surface area contributed by atoms with E-state index in [9.17, 15) is 0 Å². The van der Waals surface area contributed by atoms with Crippen LogP contribution in [0.5, 0.6) is 0 Å². The molecule has 0 aliphatic heterocycles. The van der Waals surface area contributed by atoms with Gasteiger partial charge in [0.05, 0.1) is 16.9 Å². The second-order valence-electron chi connectivity index (χ2n) is 13.6. The molecule has 0 aliphatic carbocycles. The van der Waals surface area contributed by atoms with Crippen LogP contribution in [0.2, 0.25) is 0 Å². The topological polar surface area (TPSA) is 77.3 Å². The van der Waals surface area contributed by atoms with E-state index in [1.807, 2.05) is 54.7 Å². The van der Waals surface area contributed by atoms with Gasteiger partial charge in [0.25, 0.3) is 0 Å². The maximum absolute atomic E-state index is 5.08. The molecule has 0 fully saturated rings. The Morgan fingerprint density at radius 3 is 1.48 bits per heavy atom. The first-order chi connectivity index (χ1) is 27.7. The Morgan fingerprint density at radius 1 is 0.286 bits per heavy atom. The van der Waals surface area contributed by atoms with Gasteiger partial charge < -0.3 is 0 Å². The molecule has 4 aromatic heterocycles. The Bertz CT molecular complexity index is 3000. The zero-order chi connectivity index (χ0) is 37.3. The fourth-order valence-corrected chi connectivity index (χ4v) is 7.24. The van der Waals surface area contributed by atoms with Gasteiger partial charge in [0.1, 0.15) is 0 Å². The number of pyridine rings is 3. The van der Waals surface area contributed by atoms with E-state index in [0.29, 0.717) is 17.5 Å². The van der Waals surface area contributed by atoms with Gasteiger partial charge in [-0.15, -0.1) is 0 Å². The van der Waals surface area contributed by atoms with Gasteiger partial charge in [0, 0.05) is 46.1 Å². The predicted molar refractivity (Wildman–Crippen MR) is 226 cm³/mol. The van der Waals surface area contributed by atoms with Crippen LogP contribution in [0, 0.1) is 0 Å². The molecule has 0 amide bonds. The van der Waals surface area contributed by atoms with Crippen molar-refractivity contribution < 1.29 is 0 Å². The van der Waals surface area contributed by atoms with Gasteiger partial charge >= 0.3 is 0 Å². The molecule has 10 rings (SSSR count). The lowest BCUT2D eigenvalue weighted by Gasteiger charge is -2.11. The van der Waals surface area contributed by atoms with E-state index in [4.69, 9.17) is 24.9 Å². The number of fused-ring (bicyclic) bond motifs is 3.